The second-order valence-corrected chi connectivity index (χ2v) is 12.2. The quantitative estimate of drug-likeness (QED) is 0.341. The van der Waals surface area contributed by atoms with E-state index < -0.39 is 15.8 Å². The zero-order valence-corrected chi connectivity index (χ0v) is 20.9. The van der Waals surface area contributed by atoms with Gasteiger partial charge >= 0.3 is 0 Å². The lowest BCUT2D eigenvalue weighted by molar-refractivity contribution is 0.342. The van der Waals surface area contributed by atoms with Crippen LogP contribution in [-0.2, 0) is 10.0 Å². The SMILES string of the molecule is CCOc1cc2ncnc(Nc3ccc(F)c(Cl)c3)c2cc1NS(=O)(=O)CCC1CSSC1. The third-order valence-corrected chi connectivity index (χ3v) is 9.26. The fourth-order valence-electron chi connectivity index (χ4n) is 3.29. The lowest BCUT2D eigenvalue weighted by Crippen LogP contribution is -2.20. The van der Waals surface area contributed by atoms with E-state index in [1.165, 1.54) is 24.5 Å². The Morgan fingerprint density at radius 1 is 1.21 bits per heavy atom. The first-order chi connectivity index (χ1) is 15.8. The van der Waals surface area contributed by atoms with E-state index >= 15 is 0 Å². The number of nitrogens with zero attached hydrogens (tertiary/aromatic N) is 2. The van der Waals surface area contributed by atoms with Crippen LogP contribution in [0.1, 0.15) is 13.3 Å². The van der Waals surface area contributed by atoms with Gasteiger partial charge in [-0.3, -0.25) is 4.72 Å². The summed E-state index contributed by atoms with van der Waals surface area (Å²) in [7, 11) is -0.0174. The van der Waals surface area contributed by atoms with Gasteiger partial charge in [-0.05, 0) is 43.5 Å². The van der Waals surface area contributed by atoms with Crippen LogP contribution < -0.4 is 14.8 Å². The molecule has 7 nitrogen and oxygen atoms in total. The highest BCUT2D eigenvalue weighted by molar-refractivity contribution is 8.77. The maximum Gasteiger partial charge on any atom is 0.232 e. The molecule has 0 amide bonds. The average Bonchev–Trinajstić information content (AvgIpc) is 3.30. The molecule has 0 atom stereocenters. The molecule has 1 aromatic heterocycles. The smallest absolute Gasteiger partial charge is 0.232 e. The Morgan fingerprint density at radius 3 is 2.73 bits per heavy atom. The molecule has 4 rings (SSSR count). The highest BCUT2D eigenvalue weighted by Gasteiger charge is 2.22. The zero-order chi connectivity index (χ0) is 23.4. The fraction of sp³-hybridized carbons (Fsp3) is 0.333. The molecule has 1 saturated heterocycles. The Kier molecular flexibility index (Phi) is 7.72. The molecule has 0 radical (unpaired) electrons. The van der Waals surface area contributed by atoms with Crippen LogP contribution in [0.3, 0.4) is 0 Å². The van der Waals surface area contributed by atoms with E-state index in [1.807, 2.05) is 6.92 Å². The lowest BCUT2D eigenvalue weighted by Gasteiger charge is -2.16. The molecule has 1 fully saturated rings. The van der Waals surface area contributed by atoms with Crippen molar-refractivity contribution in [2.24, 2.45) is 5.92 Å². The van der Waals surface area contributed by atoms with Crippen molar-refractivity contribution in [3.8, 4) is 5.75 Å². The molecule has 0 bridgehead atoms. The number of rotatable bonds is 9. The van der Waals surface area contributed by atoms with E-state index in [4.69, 9.17) is 16.3 Å². The summed E-state index contributed by atoms with van der Waals surface area (Å²) in [5, 5.41) is 3.64. The minimum Gasteiger partial charge on any atom is -0.492 e. The van der Waals surface area contributed by atoms with Crippen molar-refractivity contribution in [3.63, 3.8) is 0 Å². The topological polar surface area (TPSA) is 93.2 Å². The maximum absolute atomic E-state index is 13.5. The largest absolute Gasteiger partial charge is 0.492 e. The Morgan fingerprint density at radius 2 is 2.00 bits per heavy atom. The van der Waals surface area contributed by atoms with Gasteiger partial charge < -0.3 is 10.1 Å². The van der Waals surface area contributed by atoms with Crippen LogP contribution in [0.5, 0.6) is 5.75 Å². The van der Waals surface area contributed by atoms with Crippen molar-refractivity contribution in [1.29, 1.82) is 0 Å². The molecule has 0 spiro atoms. The van der Waals surface area contributed by atoms with Crippen LogP contribution in [0, 0.1) is 11.7 Å². The summed E-state index contributed by atoms with van der Waals surface area (Å²) in [6.45, 7) is 2.18. The Bertz CT molecular complexity index is 1260. The maximum atomic E-state index is 13.5. The summed E-state index contributed by atoms with van der Waals surface area (Å²) in [6, 6.07) is 7.55. The minimum atomic E-state index is -3.58. The Balaban J connectivity index is 1.65. The molecule has 33 heavy (non-hydrogen) atoms. The summed E-state index contributed by atoms with van der Waals surface area (Å²) in [6.07, 6.45) is 1.99. The van der Waals surface area contributed by atoms with Crippen LogP contribution in [0.4, 0.5) is 21.6 Å². The molecule has 2 aromatic carbocycles. The van der Waals surface area contributed by atoms with Crippen LogP contribution >= 0.6 is 33.2 Å². The summed E-state index contributed by atoms with van der Waals surface area (Å²) in [5.41, 5.74) is 1.41. The molecule has 1 aliphatic heterocycles. The second kappa shape index (κ2) is 10.5. The molecule has 0 aliphatic carbocycles. The van der Waals surface area contributed by atoms with Crippen molar-refractivity contribution in [2.75, 3.05) is 33.9 Å². The van der Waals surface area contributed by atoms with Gasteiger partial charge in [0.05, 0.1) is 28.6 Å². The predicted molar refractivity (Wildman–Crippen MR) is 136 cm³/mol. The van der Waals surface area contributed by atoms with Gasteiger partial charge in [-0.1, -0.05) is 33.2 Å². The number of fused-ring (bicyclic) bond motifs is 1. The number of aromatic nitrogens is 2. The molecular weight excluding hydrogens is 507 g/mol. The summed E-state index contributed by atoms with van der Waals surface area (Å²) in [4.78, 5) is 8.56. The van der Waals surface area contributed by atoms with E-state index in [0.717, 1.165) is 11.5 Å². The van der Waals surface area contributed by atoms with E-state index in [1.54, 1.807) is 33.7 Å². The molecule has 3 aromatic rings. The summed E-state index contributed by atoms with van der Waals surface area (Å²) < 4.78 is 47.5. The minimum absolute atomic E-state index is 0.0236. The fourth-order valence-corrected chi connectivity index (χ4v) is 7.74. The van der Waals surface area contributed by atoms with Gasteiger partial charge in [-0.25, -0.2) is 22.8 Å². The van der Waals surface area contributed by atoms with E-state index in [-0.39, 0.29) is 10.8 Å². The summed E-state index contributed by atoms with van der Waals surface area (Å²) >= 11 is 5.88. The first-order valence-electron chi connectivity index (χ1n) is 10.2. The van der Waals surface area contributed by atoms with Crippen molar-refractivity contribution < 1.29 is 17.5 Å². The highest BCUT2D eigenvalue weighted by atomic mass is 35.5. The normalized spacial score (nSPS) is 14.5. The van der Waals surface area contributed by atoms with Crippen molar-refractivity contribution in [1.82, 2.24) is 9.97 Å². The third-order valence-electron chi connectivity index (χ3n) is 4.97. The molecule has 2 N–H and O–H groups in total. The van der Waals surface area contributed by atoms with Crippen LogP contribution in [-0.4, -0.2) is 42.3 Å². The zero-order valence-electron chi connectivity index (χ0n) is 17.7. The van der Waals surface area contributed by atoms with Gasteiger partial charge in [-0.15, -0.1) is 0 Å². The van der Waals surface area contributed by atoms with E-state index in [9.17, 15) is 12.8 Å². The van der Waals surface area contributed by atoms with Gasteiger partial charge in [0.1, 0.15) is 23.7 Å². The van der Waals surface area contributed by atoms with Crippen LogP contribution in [0.2, 0.25) is 5.02 Å². The number of halogens is 2. The summed E-state index contributed by atoms with van der Waals surface area (Å²) in [5.74, 6) is 2.66. The number of nitrogens with one attached hydrogen (secondary N) is 2. The highest BCUT2D eigenvalue weighted by Crippen LogP contribution is 2.37. The van der Waals surface area contributed by atoms with Crippen molar-refractivity contribution in [2.45, 2.75) is 13.3 Å². The monoisotopic (exact) mass is 528 g/mol. The number of anilines is 3. The number of hydrogen-bond acceptors (Lipinski definition) is 8. The van der Waals surface area contributed by atoms with Gasteiger partial charge in [0.2, 0.25) is 10.0 Å². The van der Waals surface area contributed by atoms with Crippen LogP contribution in [0.25, 0.3) is 10.9 Å². The first kappa shape index (κ1) is 24.2. The van der Waals surface area contributed by atoms with Crippen molar-refractivity contribution in [3.05, 3.63) is 47.5 Å². The van der Waals surface area contributed by atoms with E-state index in [2.05, 4.69) is 20.0 Å². The number of ether oxygens (including phenoxy) is 1. The Labute approximate surface area is 204 Å². The molecule has 12 heteroatoms. The lowest BCUT2D eigenvalue weighted by atomic mass is 10.1. The van der Waals surface area contributed by atoms with Gasteiger partial charge in [-0.2, -0.15) is 0 Å². The molecule has 0 saturated carbocycles. The molecule has 176 valence electrons. The van der Waals surface area contributed by atoms with Crippen LogP contribution in [0.15, 0.2) is 36.7 Å². The average molecular weight is 529 g/mol. The van der Waals surface area contributed by atoms with Gasteiger partial charge in [0.15, 0.2) is 0 Å². The van der Waals surface area contributed by atoms with Gasteiger partial charge in [0, 0.05) is 28.6 Å². The third kappa shape index (κ3) is 6.14. The van der Waals surface area contributed by atoms with Crippen molar-refractivity contribution >= 4 is 71.3 Å². The second-order valence-electron chi connectivity index (χ2n) is 7.42. The molecular formula is C21H22ClFN4O3S3. The number of benzene rings is 2. The first-order valence-corrected chi connectivity index (χ1v) is 14.7. The molecule has 2 heterocycles. The Hall–Kier alpha value is -1.95. The number of hydrogen-bond donors (Lipinski definition) is 2. The standard InChI is InChI=1S/C21H22ClFN4O3S3/c1-2-30-20-9-18-15(8-19(20)27-33(28,29)6-5-13-10-31-32-11-13)21(25-12-24-18)26-14-3-4-17(23)16(22)7-14/h3-4,7-9,12-13,27H,2,5-6,10-11H2,1H3,(H,24,25,26). The number of sulfonamides is 1. The van der Waals surface area contributed by atoms with E-state index in [0.29, 0.717) is 52.8 Å². The molecule has 0 unspecified atom stereocenters. The predicted octanol–water partition coefficient (Wildman–Crippen LogP) is 5.71. The van der Waals surface area contributed by atoms with Gasteiger partial charge in [0.25, 0.3) is 0 Å². The molecule has 1 aliphatic rings.